The quantitative estimate of drug-likeness (QED) is 0.582. The van der Waals surface area contributed by atoms with Gasteiger partial charge < -0.3 is 9.73 Å². The number of aromatic nitrogens is 1. The Hall–Kier alpha value is -2.60. The molecule has 0 fully saturated rings. The van der Waals surface area contributed by atoms with Crippen molar-refractivity contribution < 1.29 is 13.6 Å². The minimum absolute atomic E-state index is 0.0663. The van der Waals surface area contributed by atoms with Crippen LogP contribution in [0.3, 0.4) is 0 Å². The van der Waals surface area contributed by atoms with Crippen LogP contribution in [0, 0.1) is 5.82 Å². The summed E-state index contributed by atoms with van der Waals surface area (Å²) in [6, 6.07) is 14.2. The molecule has 1 N–H and O–H groups in total. The van der Waals surface area contributed by atoms with Crippen molar-refractivity contribution in [1.82, 2.24) is 10.3 Å². The van der Waals surface area contributed by atoms with Crippen LogP contribution in [-0.4, -0.2) is 16.6 Å². The van der Waals surface area contributed by atoms with E-state index in [4.69, 9.17) is 4.42 Å². The van der Waals surface area contributed by atoms with E-state index in [1.54, 1.807) is 18.3 Å². The molecule has 1 aromatic heterocycles. The first kappa shape index (κ1) is 19.2. The lowest BCUT2D eigenvalue weighted by atomic mass is 10.1. The number of nitrogens with one attached hydrogen (secondary N) is 1. The molecule has 1 atom stereocenters. The first-order valence-electron chi connectivity index (χ1n) is 8.78. The van der Waals surface area contributed by atoms with Crippen molar-refractivity contribution >= 4 is 17.7 Å². The topological polar surface area (TPSA) is 55.1 Å². The van der Waals surface area contributed by atoms with Crippen LogP contribution in [-0.2, 0) is 11.2 Å². The van der Waals surface area contributed by atoms with Gasteiger partial charge >= 0.3 is 0 Å². The van der Waals surface area contributed by atoms with Gasteiger partial charge in [0.25, 0.3) is 5.22 Å². The fourth-order valence-corrected chi connectivity index (χ4v) is 3.22. The molecule has 0 aliphatic carbocycles. The molecule has 0 aliphatic rings. The van der Waals surface area contributed by atoms with Crippen LogP contribution >= 0.6 is 11.8 Å². The minimum Gasteiger partial charge on any atom is -0.431 e. The van der Waals surface area contributed by atoms with E-state index in [0.29, 0.717) is 11.0 Å². The first-order chi connectivity index (χ1) is 13.0. The number of carbonyl (C=O) groups excluding carboxylic acids is 1. The summed E-state index contributed by atoms with van der Waals surface area (Å²) >= 11 is 1.23. The molecule has 0 saturated carbocycles. The number of carbonyl (C=O) groups is 1. The molecule has 4 nitrogen and oxygen atoms in total. The van der Waals surface area contributed by atoms with Crippen LogP contribution in [0.25, 0.3) is 11.3 Å². The molecule has 3 rings (SSSR count). The van der Waals surface area contributed by atoms with E-state index in [-0.39, 0.29) is 23.5 Å². The van der Waals surface area contributed by atoms with E-state index in [9.17, 15) is 9.18 Å². The predicted octanol–water partition coefficient (Wildman–Crippen LogP) is 5.01. The molecule has 0 spiro atoms. The maximum absolute atomic E-state index is 13.0. The van der Waals surface area contributed by atoms with Gasteiger partial charge in [0.2, 0.25) is 5.91 Å². The molecular formula is C21H21FN2O2S. The number of halogens is 1. The highest BCUT2D eigenvalue weighted by Gasteiger charge is 2.13. The number of oxazole rings is 1. The van der Waals surface area contributed by atoms with Crippen LogP contribution in [0.2, 0.25) is 0 Å². The smallest absolute Gasteiger partial charge is 0.256 e. The summed E-state index contributed by atoms with van der Waals surface area (Å²) in [6.45, 7) is 4.07. The van der Waals surface area contributed by atoms with Crippen LogP contribution in [0.5, 0.6) is 0 Å². The second-order valence-corrected chi connectivity index (χ2v) is 7.10. The summed E-state index contributed by atoms with van der Waals surface area (Å²) in [5, 5.41) is 3.38. The third kappa shape index (κ3) is 5.20. The van der Waals surface area contributed by atoms with Crippen LogP contribution < -0.4 is 5.32 Å². The first-order valence-corrected chi connectivity index (χ1v) is 9.76. The predicted molar refractivity (Wildman–Crippen MR) is 105 cm³/mol. The summed E-state index contributed by atoms with van der Waals surface area (Å²) in [6.07, 6.45) is 2.57. The minimum atomic E-state index is -0.303. The molecule has 0 aliphatic heterocycles. The highest BCUT2D eigenvalue weighted by molar-refractivity contribution is 7.99. The number of nitrogens with zero attached hydrogens (tertiary/aromatic N) is 1. The lowest BCUT2D eigenvalue weighted by molar-refractivity contribution is -0.119. The van der Waals surface area contributed by atoms with Crippen molar-refractivity contribution in [3.8, 4) is 11.3 Å². The van der Waals surface area contributed by atoms with Gasteiger partial charge in [-0.3, -0.25) is 4.79 Å². The van der Waals surface area contributed by atoms with Gasteiger partial charge in [0.05, 0.1) is 18.0 Å². The molecule has 0 saturated heterocycles. The number of benzene rings is 2. The van der Waals surface area contributed by atoms with Crippen LogP contribution in [0.15, 0.2) is 64.4 Å². The Morgan fingerprint density at radius 2 is 1.89 bits per heavy atom. The average molecular weight is 384 g/mol. The van der Waals surface area contributed by atoms with E-state index in [0.717, 1.165) is 17.5 Å². The van der Waals surface area contributed by atoms with E-state index < -0.39 is 0 Å². The maximum atomic E-state index is 13.0. The third-order valence-electron chi connectivity index (χ3n) is 4.21. The van der Waals surface area contributed by atoms with Gasteiger partial charge in [0.15, 0.2) is 5.76 Å². The van der Waals surface area contributed by atoms with Gasteiger partial charge in [-0.1, -0.05) is 43.0 Å². The summed E-state index contributed by atoms with van der Waals surface area (Å²) in [7, 11) is 0. The Morgan fingerprint density at radius 1 is 1.19 bits per heavy atom. The highest BCUT2D eigenvalue weighted by Crippen LogP contribution is 2.25. The number of rotatable bonds is 7. The average Bonchev–Trinajstić information content (AvgIpc) is 3.16. The molecule has 1 amide bonds. The fourth-order valence-electron chi connectivity index (χ4n) is 2.61. The molecule has 6 heteroatoms. The zero-order valence-electron chi connectivity index (χ0n) is 15.2. The zero-order valence-corrected chi connectivity index (χ0v) is 16.1. The van der Waals surface area contributed by atoms with Crippen LogP contribution in [0.4, 0.5) is 4.39 Å². The molecule has 1 heterocycles. The summed E-state index contributed by atoms with van der Waals surface area (Å²) in [5.74, 6) is 0.361. The van der Waals surface area contributed by atoms with Gasteiger partial charge in [0.1, 0.15) is 5.82 Å². The van der Waals surface area contributed by atoms with Crippen molar-refractivity contribution in [2.24, 2.45) is 0 Å². The summed E-state index contributed by atoms with van der Waals surface area (Å²) < 4.78 is 18.6. The molecule has 3 aromatic rings. The number of hydrogen-bond acceptors (Lipinski definition) is 4. The molecule has 140 valence electrons. The van der Waals surface area contributed by atoms with Gasteiger partial charge in [-0.25, -0.2) is 9.37 Å². The number of aryl methyl sites for hydroxylation is 1. The third-order valence-corrected chi connectivity index (χ3v) is 5.05. The van der Waals surface area contributed by atoms with E-state index in [2.05, 4.69) is 29.4 Å². The Balaban J connectivity index is 1.52. The number of hydrogen-bond donors (Lipinski definition) is 1. The van der Waals surface area contributed by atoms with Crippen molar-refractivity contribution in [3.63, 3.8) is 0 Å². The lowest BCUT2D eigenvalue weighted by Gasteiger charge is -2.14. The second kappa shape index (κ2) is 8.86. The normalized spacial score (nSPS) is 12.0. The molecule has 1 unspecified atom stereocenters. The summed E-state index contributed by atoms with van der Waals surface area (Å²) in [5.41, 5.74) is 3.08. The van der Waals surface area contributed by atoms with Crippen LogP contribution in [0.1, 0.15) is 31.0 Å². The van der Waals surface area contributed by atoms with Gasteiger partial charge in [-0.05, 0) is 48.7 Å². The summed E-state index contributed by atoms with van der Waals surface area (Å²) in [4.78, 5) is 16.4. The standard InChI is InChI=1S/C21H21FN2O2S/c1-3-15-4-6-16(7-5-15)14(2)24-20(25)13-27-21-23-12-19(26-21)17-8-10-18(22)11-9-17/h4-12,14H,3,13H2,1-2H3,(H,24,25). The van der Waals surface area contributed by atoms with Crippen molar-refractivity contribution in [2.75, 3.05) is 5.75 Å². The maximum Gasteiger partial charge on any atom is 0.256 e. The molecule has 0 radical (unpaired) electrons. The Bertz CT molecular complexity index is 891. The van der Waals surface area contributed by atoms with Crippen molar-refractivity contribution in [2.45, 2.75) is 31.5 Å². The molecule has 27 heavy (non-hydrogen) atoms. The second-order valence-electron chi connectivity index (χ2n) is 6.17. The molecule has 0 bridgehead atoms. The molecular weight excluding hydrogens is 363 g/mol. The largest absolute Gasteiger partial charge is 0.431 e. The Labute approximate surface area is 162 Å². The van der Waals surface area contributed by atoms with E-state index in [1.165, 1.54) is 29.5 Å². The van der Waals surface area contributed by atoms with Gasteiger partial charge in [-0.15, -0.1) is 0 Å². The lowest BCUT2D eigenvalue weighted by Crippen LogP contribution is -2.28. The van der Waals surface area contributed by atoms with Gasteiger partial charge in [-0.2, -0.15) is 0 Å². The molecule has 2 aromatic carbocycles. The van der Waals surface area contributed by atoms with E-state index in [1.807, 2.05) is 19.1 Å². The van der Waals surface area contributed by atoms with Crippen molar-refractivity contribution in [3.05, 3.63) is 71.7 Å². The fraction of sp³-hybridized carbons (Fsp3) is 0.238. The Morgan fingerprint density at radius 3 is 2.56 bits per heavy atom. The monoisotopic (exact) mass is 384 g/mol. The van der Waals surface area contributed by atoms with Gasteiger partial charge in [0, 0.05) is 5.56 Å². The van der Waals surface area contributed by atoms with E-state index >= 15 is 0 Å². The number of thioether (sulfide) groups is 1. The highest BCUT2D eigenvalue weighted by atomic mass is 32.2. The Kier molecular flexibility index (Phi) is 6.29. The van der Waals surface area contributed by atoms with Crippen molar-refractivity contribution in [1.29, 1.82) is 0 Å². The SMILES string of the molecule is CCc1ccc(C(C)NC(=O)CSc2ncc(-c3ccc(F)cc3)o2)cc1. The number of amides is 1. The zero-order chi connectivity index (χ0) is 19.2.